The first kappa shape index (κ1) is 27.7. The van der Waals surface area contributed by atoms with Gasteiger partial charge < -0.3 is 5.11 Å². The van der Waals surface area contributed by atoms with E-state index < -0.39 is 17.0 Å². The Bertz CT molecular complexity index is 1620. The van der Waals surface area contributed by atoms with Gasteiger partial charge >= 0.3 is 5.97 Å². The van der Waals surface area contributed by atoms with Crippen molar-refractivity contribution < 1.29 is 23.9 Å². The lowest BCUT2D eigenvalue weighted by molar-refractivity contribution is -0.140. The number of rotatable bonds is 10. The van der Waals surface area contributed by atoms with Gasteiger partial charge in [0.15, 0.2) is 5.13 Å². The van der Waals surface area contributed by atoms with Crippen LogP contribution in [0, 0.1) is 11.0 Å². The molecule has 1 atom stereocenters. The molecule has 2 aromatic carbocycles. The second-order valence-electron chi connectivity index (χ2n) is 10.6. The summed E-state index contributed by atoms with van der Waals surface area (Å²) in [7, 11) is 0. The Kier molecular flexibility index (Phi) is 7.80. The van der Waals surface area contributed by atoms with Crippen molar-refractivity contribution in [2.45, 2.75) is 44.6 Å². The molecular formula is C32H29FN4O4S. The van der Waals surface area contributed by atoms with E-state index >= 15 is 4.39 Å². The number of anilines is 2. The molecule has 2 aliphatic rings. The van der Waals surface area contributed by atoms with Gasteiger partial charge in [-0.1, -0.05) is 65.9 Å². The van der Waals surface area contributed by atoms with Crippen molar-refractivity contribution in [3.8, 4) is 22.4 Å². The molecule has 2 aromatic heterocycles. The van der Waals surface area contributed by atoms with E-state index in [4.69, 9.17) is 0 Å². The van der Waals surface area contributed by atoms with Crippen LogP contribution in [0.15, 0.2) is 72.9 Å². The number of hydrogen-bond donors (Lipinski definition) is 1. The Balaban J connectivity index is 1.31. The molecule has 0 unspecified atom stereocenters. The van der Waals surface area contributed by atoms with E-state index in [1.54, 1.807) is 29.3 Å². The molecule has 1 N–H and O–H groups in total. The number of amides is 2. The molecule has 3 heterocycles. The molecule has 1 aliphatic heterocycles. The lowest BCUT2D eigenvalue weighted by Gasteiger charge is -2.24. The molecular weight excluding hydrogens is 555 g/mol. The highest BCUT2D eigenvalue weighted by Gasteiger charge is 2.40. The van der Waals surface area contributed by atoms with Crippen molar-refractivity contribution in [2.75, 3.05) is 16.3 Å². The molecule has 4 aromatic rings. The van der Waals surface area contributed by atoms with Crippen LogP contribution in [0.25, 0.3) is 22.4 Å². The maximum atomic E-state index is 15.6. The van der Waals surface area contributed by atoms with Gasteiger partial charge in [0.1, 0.15) is 11.5 Å². The minimum Gasteiger partial charge on any atom is -0.481 e. The van der Waals surface area contributed by atoms with E-state index in [2.05, 4.69) is 9.97 Å². The first-order valence-electron chi connectivity index (χ1n) is 14.0. The van der Waals surface area contributed by atoms with E-state index in [0.717, 1.165) is 47.3 Å². The first-order valence-corrected chi connectivity index (χ1v) is 14.8. The summed E-state index contributed by atoms with van der Waals surface area (Å²) in [6.45, 7) is 0.642. The zero-order valence-electron chi connectivity index (χ0n) is 22.8. The summed E-state index contributed by atoms with van der Waals surface area (Å²) in [4.78, 5) is 50.0. The third-order valence-electron chi connectivity index (χ3n) is 7.62. The quantitative estimate of drug-likeness (QED) is 0.247. The number of aliphatic carboxylic acids is 1. The van der Waals surface area contributed by atoms with E-state index in [1.807, 2.05) is 48.5 Å². The number of aromatic nitrogens is 2. The molecule has 2 amide bonds. The van der Waals surface area contributed by atoms with Gasteiger partial charge in [0.05, 0.1) is 12.3 Å². The van der Waals surface area contributed by atoms with Crippen LogP contribution in [-0.4, -0.2) is 45.4 Å². The van der Waals surface area contributed by atoms with Gasteiger partial charge in [0.25, 0.3) is 0 Å². The fourth-order valence-corrected chi connectivity index (χ4v) is 6.30. The Morgan fingerprint density at radius 3 is 2.43 bits per heavy atom. The highest BCUT2D eigenvalue weighted by Crippen LogP contribution is 2.41. The molecule has 10 heteroatoms. The molecule has 0 radical (unpaired) electrons. The molecule has 6 rings (SSSR count). The molecule has 0 spiro atoms. The third-order valence-corrected chi connectivity index (χ3v) is 8.46. The standard InChI is InChI=1S/C32H29FN4O4S/c33-30-29(25-10-5-4-9-24(25)21-12-15-26(34-19-21)36-16-6-11-27(36)38)35-32(42-30)37(23-13-14-23)31(41)22(18-28(39)40)17-20-7-2-1-3-8-20/h1-5,7-10,12,15,19,22-23H,6,11,13-14,16-18H2,(H,39,40)/t22-/m1/s1. The molecule has 214 valence electrons. The van der Waals surface area contributed by atoms with Gasteiger partial charge in [0, 0.05) is 36.3 Å². The zero-order chi connectivity index (χ0) is 29.2. The van der Waals surface area contributed by atoms with E-state index in [9.17, 15) is 19.5 Å². The van der Waals surface area contributed by atoms with Crippen molar-refractivity contribution >= 4 is 40.1 Å². The predicted octanol–water partition coefficient (Wildman–Crippen LogP) is 5.97. The van der Waals surface area contributed by atoms with Crippen molar-refractivity contribution in [1.29, 1.82) is 0 Å². The molecule has 1 aliphatic carbocycles. The highest BCUT2D eigenvalue weighted by molar-refractivity contribution is 7.14. The Morgan fingerprint density at radius 2 is 1.79 bits per heavy atom. The summed E-state index contributed by atoms with van der Waals surface area (Å²) in [5.74, 6) is -1.58. The number of hydrogen-bond acceptors (Lipinski definition) is 6. The van der Waals surface area contributed by atoms with Crippen LogP contribution >= 0.6 is 11.3 Å². The smallest absolute Gasteiger partial charge is 0.304 e. The highest BCUT2D eigenvalue weighted by atomic mass is 32.1. The van der Waals surface area contributed by atoms with Gasteiger partial charge in [0.2, 0.25) is 16.9 Å². The van der Waals surface area contributed by atoms with Crippen LogP contribution in [0.5, 0.6) is 0 Å². The number of halogens is 1. The van der Waals surface area contributed by atoms with Crippen LogP contribution in [0.4, 0.5) is 15.3 Å². The molecule has 2 fully saturated rings. The molecule has 1 saturated carbocycles. The Hall–Kier alpha value is -4.44. The summed E-state index contributed by atoms with van der Waals surface area (Å²) < 4.78 is 15.6. The summed E-state index contributed by atoms with van der Waals surface area (Å²) in [5.41, 5.74) is 3.01. The number of carboxylic acid groups (broad SMARTS) is 1. The monoisotopic (exact) mass is 584 g/mol. The van der Waals surface area contributed by atoms with Crippen molar-refractivity contribution in [2.24, 2.45) is 5.92 Å². The summed E-state index contributed by atoms with van der Waals surface area (Å²) in [6.07, 6.45) is 4.44. The number of pyridine rings is 1. The number of carboxylic acids is 1. The number of nitrogens with zero attached hydrogens (tertiary/aromatic N) is 4. The number of benzene rings is 2. The van der Waals surface area contributed by atoms with Crippen molar-refractivity contribution in [1.82, 2.24) is 9.97 Å². The first-order chi connectivity index (χ1) is 20.4. The average molecular weight is 585 g/mol. The largest absolute Gasteiger partial charge is 0.481 e. The van der Waals surface area contributed by atoms with Crippen LogP contribution in [0.3, 0.4) is 0 Å². The Labute approximate surface area is 246 Å². The zero-order valence-corrected chi connectivity index (χ0v) is 23.6. The lowest BCUT2D eigenvalue weighted by atomic mass is 9.94. The second kappa shape index (κ2) is 11.8. The average Bonchev–Trinajstić information content (AvgIpc) is 3.62. The van der Waals surface area contributed by atoms with Crippen LogP contribution in [0.1, 0.15) is 37.7 Å². The summed E-state index contributed by atoms with van der Waals surface area (Å²) in [6, 6.07) is 20.1. The minimum atomic E-state index is -1.06. The second-order valence-corrected chi connectivity index (χ2v) is 11.6. The minimum absolute atomic E-state index is 0.0526. The predicted molar refractivity (Wildman–Crippen MR) is 159 cm³/mol. The lowest BCUT2D eigenvalue weighted by Crippen LogP contribution is -2.39. The van der Waals surface area contributed by atoms with Gasteiger partial charge in [-0.05, 0) is 48.9 Å². The van der Waals surface area contributed by atoms with Crippen molar-refractivity contribution in [3.63, 3.8) is 0 Å². The molecule has 1 saturated heterocycles. The Morgan fingerprint density at radius 1 is 1.05 bits per heavy atom. The van der Waals surface area contributed by atoms with Gasteiger partial charge in [-0.3, -0.25) is 24.2 Å². The van der Waals surface area contributed by atoms with E-state index in [-0.39, 0.29) is 41.5 Å². The van der Waals surface area contributed by atoms with Gasteiger partial charge in [-0.15, -0.1) is 0 Å². The maximum Gasteiger partial charge on any atom is 0.304 e. The number of carbonyl (C=O) groups excluding carboxylic acids is 2. The molecule has 0 bridgehead atoms. The fraction of sp³-hybridized carbons (Fsp3) is 0.281. The van der Waals surface area contributed by atoms with E-state index in [1.165, 1.54) is 4.90 Å². The SMILES string of the molecule is O=C(O)C[C@@H](Cc1ccccc1)C(=O)N(c1nc(-c2ccccc2-c2ccc(N3CCCC3=O)nc2)c(F)s1)C1CC1. The molecule has 42 heavy (non-hydrogen) atoms. The fourth-order valence-electron chi connectivity index (χ4n) is 5.41. The van der Waals surface area contributed by atoms with Crippen LogP contribution < -0.4 is 9.80 Å². The van der Waals surface area contributed by atoms with Gasteiger partial charge in [-0.25, -0.2) is 9.97 Å². The third kappa shape index (κ3) is 5.80. The van der Waals surface area contributed by atoms with Crippen LogP contribution in [0.2, 0.25) is 0 Å². The maximum absolute atomic E-state index is 15.6. The molecule has 8 nitrogen and oxygen atoms in total. The van der Waals surface area contributed by atoms with Crippen LogP contribution in [-0.2, 0) is 20.8 Å². The number of thiazole rings is 1. The normalized spacial score (nSPS) is 15.5. The van der Waals surface area contributed by atoms with E-state index in [0.29, 0.717) is 24.3 Å². The van der Waals surface area contributed by atoms with Gasteiger partial charge in [-0.2, -0.15) is 4.39 Å². The summed E-state index contributed by atoms with van der Waals surface area (Å²) >= 11 is 0.800. The topological polar surface area (TPSA) is 104 Å². The summed E-state index contributed by atoms with van der Waals surface area (Å²) in [5, 5.41) is 9.28. The number of carbonyl (C=O) groups is 3. The van der Waals surface area contributed by atoms with Crippen molar-refractivity contribution in [3.05, 3.63) is 83.6 Å².